The molecule has 2 rings (SSSR count). The fraction of sp³-hybridized carbons (Fsp3) is 0.500. The largest absolute Gasteiger partial charge is 0.241 e. The van der Waals surface area contributed by atoms with Gasteiger partial charge in [-0.25, -0.2) is 13.1 Å². The standard InChI is InChI=1S/C12H16BrNO2S/c1-2-5-9-8-11(9)14-17(15,16)12-7-4-3-6-10(12)13/h3-4,6-7,9,11,14H,2,5,8H2,1H3. The van der Waals surface area contributed by atoms with Crippen LogP contribution >= 0.6 is 15.9 Å². The molecule has 1 aromatic carbocycles. The summed E-state index contributed by atoms with van der Waals surface area (Å²) in [6.45, 7) is 2.12. The van der Waals surface area contributed by atoms with Crippen LogP contribution in [0.15, 0.2) is 33.6 Å². The van der Waals surface area contributed by atoms with Crippen LogP contribution in [0.25, 0.3) is 0 Å². The molecule has 0 amide bonds. The fourth-order valence-corrected chi connectivity index (χ4v) is 4.33. The van der Waals surface area contributed by atoms with E-state index in [2.05, 4.69) is 27.6 Å². The van der Waals surface area contributed by atoms with Crippen molar-refractivity contribution in [3.8, 4) is 0 Å². The first-order valence-corrected chi connectivity index (χ1v) is 8.09. The van der Waals surface area contributed by atoms with E-state index in [1.165, 1.54) is 0 Å². The maximum absolute atomic E-state index is 12.1. The van der Waals surface area contributed by atoms with Crippen LogP contribution in [0.1, 0.15) is 26.2 Å². The van der Waals surface area contributed by atoms with Crippen LogP contribution in [0.3, 0.4) is 0 Å². The molecule has 17 heavy (non-hydrogen) atoms. The van der Waals surface area contributed by atoms with E-state index < -0.39 is 10.0 Å². The van der Waals surface area contributed by atoms with Gasteiger partial charge in [-0.3, -0.25) is 0 Å². The van der Waals surface area contributed by atoms with Gasteiger partial charge in [-0.1, -0.05) is 25.5 Å². The number of sulfonamides is 1. The van der Waals surface area contributed by atoms with Gasteiger partial charge in [0, 0.05) is 10.5 Å². The lowest BCUT2D eigenvalue weighted by Gasteiger charge is -2.07. The van der Waals surface area contributed by atoms with Gasteiger partial charge in [-0.15, -0.1) is 0 Å². The second kappa shape index (κ2) is 5.08. The molecule has 0 saturated heterocycles. The number of nitrogens with one attached hydrogen (secondary N) is 1. The van der Waals surface area contributed by atoms with Crippen molar-refractivity contribution in [3.05, 3.63) is 28.7 Å². The molecular weight excluding hydrogens is 302 g/mol. The Balaban J connectivity index is 2.08. The van der Waals surface area contributed by atoms with Crippen molar-refractivity contribution in [1.29, 1.82) is 0 Å². The topological polar surface area (TPSA) is 46.2 Å². The summed E-state index contributed by atoms with van der Waals surface area (Å²) in [5, 5.41) is 0. The average molecular weight is 318 g/mol. The highest BCUT2D eigenvalue weighted by molar-refractivity contribution is 9.10. The van der Waals surface area contributed by atoms with Crippen molar-refractivity contribution in [3.63, 3.8) is 0 Å². The molecule has 1 aromatic rings. The molecule has 1 aliphatic rings. The van der Waals surface area contributed by atoms with Crippen molar-refractivity contribution >= 4 is 26.0 Å². The highest BCUT2D eigenvalue weighted by Crippen LogP contribution is 2.36. The van der Waals surface area contributed by atoms with Gasteiger partial charge in [-0.05, 0) is 46.8 Å². The van der Waals surface area contributed by atoms with Gasteiger partial charge in [-0.2, -0.15) is 0 Å². The summed E-state index contributed by atoms with van der Waals surface area (Å²) >= 11 is 3.27. The van der Waals surface area contributed by atoms with Crippen LogP contribution in [-0.4, -0.2) is 14.5 Å². The Morgan fingerprint density at radius 2 is 2.12 bits per heavy atom. The summed E-state index contributed by atoms with van der Waals surface area (Å²) in [4.78, 5) is 0.321. The van der Waals surface area contributed by atoms with Crippen molar-refractivity contribution in [2.24, 2.45) is 5.92 Å². The Bertz CT molecular complexity index is 501. The molecule has 0 aliphatic heterocycles. The maximum atomic E-state index is 12.1. The summed E-state index contributed by atoms with van der Waals surface area (Å²) in [7, 11) is -3.38. The third kappa shape index (κ3) is 3.09. The number of hydrogen-bond acceptors (Lipinski definition) is 2. The zero-order valence-electron chi connectivity index (χ0n) is 9.69. The fourth-order valence-electron chi connectivity index (χ4n) is 2.01. The number of benzene rings is 1. The van der Waals surface area contributed by atoms with Gasteiger partial charge in [0.2, 0.25) is 10.0 Å². The van der Waals surface area contributed by atoms with E-state index in [0.29, 0.717) is 15.3 Å². The van der Waals surface area contributed by atoms with Crippen molar-refractivity contribution in [1.82, 2.24) is 4.72 Å². The van der Waals surface area contributed by atoms with E-state index in [9.17, 15) is 8.42 Å². The first-order valence-electron chi connectivity index (χ1n) is 5.81. The highest BCUT2D eigenvalue weighted by atomic mass is 79.9. The predicted molar refractivity (Wildman–Crippen MR) is 71.3 cm³/mol. The quantitative estimate of drug-likeness (QED) is 0.907. The molecule has 1 saturated carbocycles. The molecule has 2 unspecified atom stereocenters. The van der Waals surface area contributed by atoms with Gasteiger partial charge in [0.1, 0.15) is 0 Å². The molecule has 5 heteroatoms. The Labute approximate surface area is 111 Å². The van der Waals surface area contributed by atoms with Gasteiger partial charge in [0.15, 0.2) is 0 Å². The Morgan fingerprint density at radius 1 is 1.41 bits per heavy atom. The summed E-state index contributed by atoms with van der Waals surface area (Å²) in [5.41, 5.74) is 0. The van der Waals surface area contributed by atoms with Crippen LogP contribution in [0.5, 0.6) is 0 Å². The number of hydrogen-bond donors (Lipinski definition) is 1. The van der Waals surface area contributed by atoms with Crippen molar-refractivity contribution in [2.75, 3.05) is 0 Å². The lowest BCUT2D eigenvalue weighted by molar-refractivity contribution is 0.572. The minimum absolute atomic E-state index is 0.132. The van der Waals surface area contributed by atoms with Crippen LogP contribution in [0.4, 0.5) is 0 Å². The molecule has 0 spiro atoms. The zero-order chi connectivity index (χ0) is 12.5. The van der Waals surface area contributed by atoms with E-state index in [0.717, 1.165) is 19.3 Å². The minimum Gasteiger partial charge on any atom is -0.208 e. The van der Waals surface area contributed by atoms with Gasteiger partial charge in [0.25, 0.3) is 0 Å². The molecule has 0 bridgehead atoms. The van der Waals surface area contributed by atoms with Crippen LogP contribution in [-0.2, 0) is 10.0 Å². The van der Waals surface area contributed by atoms with Gasteiger partial charge in [0.05, 0.1) is 4.90 Å². The first kappa shape index (κ1) is 13.1. The predicted octanol–water partition coefficient (Wildman–Crippen LogP) is 2.92. The lowest BCUT2D eigenvalue weighted by atomic mass is 10.2. The summed E-state index contributed by atoms with van der Waals surface area (Å²) in [5.74, 6) is 0.525. The zero-order valence-corrected chi connectivity index (χ0v) is 12.1. The van der Waals surface area contributed by atoms with E-state index in [1.807, 2.05) is 0 Å². The molecule has 0 radical (unpaired) electrons. The molecule has 94 valence electrons. The van der Waals surface area contributed by atoms with Crippen LogP contribution in [0, 0.1) is 5.92 Å². The molecule has 3 nitrogen and oxygen atoms in total. The normalized spacial score (nSPS) is 23.6. The smallest absolute Gasteiger partial charge is 0.208 e. The molecule has 1 aliphatic carbocycles. The van der Waals surface area contributed by atoms with E-state index in [4.69, 9.17) is 0 Å². The monoisotopic (exact) mass is 317 g/mol. The molecule has 1 N–H and O–H groups in total. The minimum atomic E-state index is -3.38. The molecule has 0 heterocycles. The van der Waals surface area contributed by atoms with Gasteiger partial charge < -0.3 is 0 Å². The number of rotatable bonds is 5. The second-order valence-electron chi connectivity index (χ2n) is 4.44. The number of halogens is 1. The van der Waals surface area contributed by atoms with E-state index in [-0.39, 0.29) is 6.04 Å². The SMILES string of the molecule is CCCC1CC1NS(=O)(=O)c1ccccc1Br. The Kier molecular flexibility index (Phi) is 3.90. The maximum Gasteiger partial charge on any atom is 0.241 e. The average Bonchev–Trinajstić information content (AvgIpc) is 2.96. The molecular formula is C12H16BrNO2S. The highest BCUT2D eigenvalue weighted by Gasteiger charge is 2.39. The summed E-state index contributed by atoms with van der Waals surface area (Å²) in [6, 6.07) is 7.02. The third-order valence-electron chi connectivity index (χ3n) is 3.01. The van der Waals surface area contributed by atoms with Crippen LogP contribution in [0.2, 0.25) is 0 Å². The lowest BCUT2D eigenvalue weighted by Crippen LogP contribution is -2.27. The summed E-state index contributed by atoms with van der Waals surface area (Å²) in [6.07, 6.45) is 3.18. The Hall–Kier alpha value is -0.390. The molecule has 0 aromatic heterocycles. The molecule has 2 atom stereocenters. The van der Waals surface area contributed by atoms with E-state index >= 15 is 0 Å². The first-order chi connectivity index (χ1) is 8.04. The van der Waals surface area contributed by atoms with Crippen LogP contribution < -0.4 is 4.72 Å². The molecule has 1 fully saturated rings. The van der Waals surface area contributed by atoms with E-state index in [1.54, 1.807) is 24.3 Å². The second-order valence-corrected chi connectivity index (χ2v) is 6.98. The summed E-state index contributed by atoms with van der Waals surface area (Å²) < 4.78 is 27.6. The van der Waals surface area contributed by atoms with Crippen molar-refractivity contribution in [2.45, 2.75) is 37.1 Å². The Morgan fingerprint density at radius 3 is 2.76 bits per heavy atom. The van der Waals surface area contributed by atoms with Gasteiger partial charge >= 0.3 is 0 Å². The van der Waals surface area contributed by atoms with Crippen molar-refractivity contribution < 1.29 is 8.42 Å². The third-order valence-corrected chi connectivity index (χ3v) is 5.52.